The molecular weight excluding hydrogens is 370 g/mol. The van der Waals surface area contributed by atoms with Crippen LogP contribution in [0.3, 0.4) is 0 Å². The van der Waals surface area contributed by atoms with E-state index >= 15 is 0 Å². The van der Waals surface area contributed by atoms with Crippen LogP contribution < -0.4 is 4.74 Å². The van der Waals surface area contributed by atoms with Gasteiger partial charge in [0.15, 0.2) is 11.5 Å². The van der Waals surface area contributed by atoms with E-state index in [4.69, 9.17) is 4.74 Å². The van der Waals surface area contributed by atoms with E-state index in [1.165, 1.54) is 18.1 Å². The van der Waals surface area contributed by atoms with Crippen molar-refractivity contribution in [2.24, 2.45) is 0 Å². The second-order valence-electron chi connectivity index (χ2n) is 7.14. The van der Waals surface area contributed by atoms with Gasteiger partial charge in [-0.25, -0.2) is 0 Å². The van der Waals surface area contributed by atoms with Gasteiger partial charge in [-0.15, -0.1) is 0 Å². The third-order valence-electron chi connectivity index (χ3n) is 5.14. The topological polar surface area (TPSA) is 87.1 Å². The van der Waals surface area contributed by atoms with Gasteiger partial charge in [-0.05, 0) is 31.0 Å². The monoisotopic (exact) mass is 395 g/mol. The number of aliphatic hydroxyl groups excluding tert-OH is 1. The first-order valence-electron chi connectivity index (χ1n) is 9.61. The van der Waals surface area contributed by atoms with Gasteiger partial charge >= 0.3 is 0 Å². The molecule has 1 unspecified atom stereocenters. The number of benzene rings is 2. The Morgan fingerprint density at radius 3 is 2.41 bits per heavy atom. The normalized spacial score (nSPS) is 18.3. The van der Waals surface area contributed by atoms with E-state index in [1.807, 2.05) is 26.0 Å². The van der Waals surface area contributed by atoms with Gasteiger partial charge in [0.2, 0.25) is 0 Å². The number of hydrogen-bond donors (Lipinski definition) is 2. The van der Waals surface area contributed by atoms with E-state index in [1.54, 1.807) is 24.3 Å². The number of aromatic hydroxyl groups is 1. The number of aryl methyl sites for hydroxylation is 1. The van der Waals surface area contributed by atoms with Crippen molar-refractivity contribution in [3.8, 4) is 11.5 Å². The summed E-state index contributed by atoms with van der Waals surface area (Å²) in [5.41, 5.74) is 2.04. The number of carbonyl (C=O) groups excluding carboxylic acids is 2. The number of Topliss-reactive ketones (excluding diaryl/α,β-unsaturated/α-hetero) is 1. The molecule has 1 amide bonds. The number of unbranched alkanes of at least 4 members (excludes halogenated alkanes) is 1. The van der Waals surface area contributed by atoms with E-state index in [0.29, 0.717) is 17.7 Å². The molecule has 2 N–H and O–H groups in total. The maximum Gasteiger partial charge on any atom is 0.295 e. The highest BCUT2D eigenvalue weighted by atomic mass is 16.5. The smallest absolute Gasteiger partial charge is 0.295 e. The van der Waals surface area contributed by atoms with Gasteiger partial charge in [0.05, 0.1) is 18.7 Å². The molecule has 29 heavy (non-hydrogen) atoms. The number of amides is 1. The number of methoxy groups -OCH3 is 1. The standard InChI is InChI=1S/C23H25NO5/c1-4-5-12-24-20(16-10-11-18(29-3)17(25)13-16)19(22(27)23(24)28)21(26)15-8-6-14(2)7-9-15/h6-11,13,20,25-26H,4-5,12H2,1-3H3/b21-19-. The summed E-state index contributed by atoms with van der Waals surface area (Å²) < 4.78 is 5.09. The number of hydrogen-bond acceptors (Lipinski definition) is 5. The van der Waals surface area contributed by atoms with E-state index in [9.17, 15) is 19.8 Å². The van der Waals surface area contributed by atoms with Crippen molar-refractivity contribution < 1.29 is 24.5 Å². The predicted octanol–water partition coefficient (Wildman–Crippen LogP) is 3.93. The molecule has 1 aliphatic rings. The second-order valence-corrected chi connectivity index (χ2v) is 7.14. The van der Waals surface area contributed by atoms with Crippen molar-refractivity contribution >= 4 is 17.4 Å². The van der Waals surface area contributed by atoms with E-state index in [-0.39, 0.29) is 22.8 Å². The second kappa shape index (κ2) is 8.39. The van der Waals surface area contributed by atoms with Crippen LogP contribution in [0.4, 0.5) is 0 Å². The molecule has 1 aliphatic heterocycles. The highest BCUT2D eigenvalue weighted by Gasteiger charge is 2.45. The minimum absolute atomic E-state index is 0.0273. The zero-order valence-electron chi connectivity index (χ0n) is 16.8. The zero-order valence-corrected chi connectivity index (χ0v) is 16.8. The molecule has 3 rings (SSSR count). The molecule has 0 radical (unpaired) electrons. The lowest BCUT2D eigenvalue weighted by Gasteiger charge is -2.25. The molecule has 6 heteroatoms. The summed E-state index contributed by atoms with van der Waals surface area (Å²) in [5, 5.41) is 21.2. The fourth-order valence-corrected chi connectivity index (χ4v) is 3.53. The zero-order chi connectivity index (χ0) is 21.1. The third kappa shape index (κ3) is 3.83. The van der Waals surface area contributed by atoms with Crippen LogP contribution in [0, 0.1) is 6.92 Å². The van der Waals surface area contributed by atoms with Crippen molar-refractivity contribution in [1.29, 1.82) is 0 Å². The highest BCUT2D eigenvalue weighted by Crippen LogP contribution is 2.41. The Hall–Kier alpha value is -3.28. The Morgan fingerprint density at radius 1 is 1.14 bits per heavy atom. The lowest BCUT2D eigenvalue weighted by atomic mass is 9.94. The molecule has 0 aliphatic carbocycles. The molecular formula is C23H25NO5. The molecule has 152 valence electrons. The van der Waals surface area contributed by atoms with Gasteiger partial charge in [-0.1, -0.05) is 49.2 Å². The van der Waals surface area contributed by atoms with Gasteiger partial charge in [0, 0.05) is 12.1 Å². The number of rotatable bonds is 6. The minimum atomic E-state index is -0.778. The fraction of sp³-hybridized carbons (Fsp3) is 0.304. The van der Waals surface area contributed by atoms with E-state index in [0.717, 1.165) is 18.4 Å². The molecule has 2 aromatic carbocycles. The van der Waals surface area contributed by atoms with Crippen molar-refractivity contribution in [2.75, 3.05) is 13.7 Å². The quantitative estimate of drug-likeness (QED) is 0.440. The van der Waals surface area contributed by atoms with Crippen molar-refractivity contribution in [3.63, 3.8) is 0 Å². The van der Waals surface area contributed by atoms with Gasteiger partial charge in [-0.3, -0.25) is 9.59 Å². The van der Waals surface area contributed by atoms with Crippen molar-refractivity contribution in [1.82, 2.24) is 4.90 Å². The maximum absolute atomic E-state index is 12.9. The first-order chi connectivity index (χ1) is 13.9. The summed E-state index contributed by atoms with van der Waals surface area (Å²) in [6, 6.07) is 11.1. The molecule has 1 heterocycles. The first-order valence-corrected chi connectivity index (χ1v) is 9.61. The predicted molar refractivity (Wildman–Crippen MR) is 110 cm³/mol. The molecule has 1 fully saturated rings. The SMILES string of the molecule is CCCCN1C(=O)C(=O)/C(=C(\O)c2ccc(C)cc2)C1c1ccc(OC)c(O)c1. The van der Waals surface area contributed by atoms with Crippen LogP contribution in [-0.4, -0.2) is 40.5 Å². The third-order valence-corrected chi connectivity index (χ3v) is 5.14. The Labute approximate surface area is 170 Å². The summed E-state index contributed by atoms with van der Waals surface area (Å²) >= 11 is 0. The Kier molecular flexibility index (Phi) is 5.92. The van der Waals surface area contributed by atoms with Crippen LogP contribution in [0.1, 0.15) is 42.5 Å². The van der Waals surface area contributed by atoms with Crippen LogP contribution in [0.15, 0.2) is 48.0 Å². The van der Waals surface area contributed by atoms with Crippen molar-refractivity contribution in [3.05, 3.63) is 64.7 Å². The average Bonchev–Trinajstić information content (AvgIpc) is 2.96. The molecule has 0 aromatic heterocycles. The molecule has 0 saturated carbocycles. The van der Waals surface area contributed by atoms with Crippen LogP contribution >= 0.6 is 0 Å². The summed E-state index contributed by atoms with van der Waals surface area (Å²) in [6.07, 6.45) is 1.57. The molecule has 0 bridgehead atoms. The Morgan fingerprint density at radius 2 is 1.83 bits per heavy atom. The van der Waals surface area contributed by atoms with Crippen LogP contribution in [-0.2, 0) is 9.59 Å². The lowest BCUT2D eigenvalue weighted by molar-refractivity contribution is -0.139. The first kappa shape index (κ1) is 20.5. The lowest BCUT2D eigenvalue weighted by Crippen LogP contribution is -2.30. The van der Waals surface area contributed by atoms with Gasteiger partial charge in [-0.2, -0.15) is 0 Å². The molecule has 6 nitrogen and oxygen atoms in total. The number of nitrogens with zero attached hydrogens (tertiary/aromatic N) is 1. The summed E-state index contributed by atoms with van der Waals surface area (Å²) in [7, 11) is 1.44. The summed E-state index contributed by atoms with van der Waals surface area (Å²) in [6.45, 7) is 4.30. The van der Waals surface area contributed by atoms with Gasteiger partial charge < -0.3 is 19.8 Å². The number of carbonyl (C=O) groups is 2. The number of ether oxygens (including phenoxy) is 1. The number of phenolic OH excluding ortho intramolecular Hbond substituents is 1. The molecule has 1 atom stereocenters. The average molecular weight is 395 g/mol. The number of likely N-dealkylation sites (tertiary alicyclic amines) is 1. The number of phenols is 1. The van der Waals surface area contributed by atoms with Crippen LogP contribution in [0.2, 0.25) is 0 Å². The van der Waals surface area contributed by atoms with E-state index < -0.39 is 17.7 Å². The fourth-order valence-electron chi connectivity index (χ4n) is 3.53. The highest BCUT2D eigenvalue weighted by molar-refractivity contribution is 6.46. The van der Waals surface area contributed by atoms with E-state index in [2.05, 4.69) is 0 Å². The Balaban J connectivity index is 2.17. The van der Waals surface area contributed by atoms with Gasteiger partial charge in [0.1, 0.15) is 5.76 Å². The van der Waals surface area contributed by atoms with Crippen LogP contribution in [0.25, 0.3) is 5.76 Å². The van der Waals surface area contributed by atoms with Crippen molar-refractivity contribution in [2.45, 2.75) is 32.7 Å². The Bertz CT molecular complexity index is 962. The number of ketones is 1. The van der Waals surface area contributed by atoms with Gasteiger partial charge in [0.25, 0.3) is 11.7 Å². The summed E-state index contributed by atoms with van der Waals surface area (Å²) in [4.78, 5) is 27.1. The van der Waals surface area contributed by atoms with Crippen LogP contribution in [0.5, 0.6) is 11.5 Å². The molecule has 2 aromatic rings. The number of aliphatic hydroxyl groups is 1. The largest absolute Gasteiger partial charge is 0.507 e. The minimum Gasteiger partial charge on any atom is -0.507 e. The maximum atomic E-state index is 12.9. The summed E-state index contributed by atoms with van der Waals surface area (Å²) in [5.74, 6) is -1.39. The molecule has 1 saturated heterocycles. The molecule has 0 spiro atoms.